The van der Waals surface area contributed by atoms with Crippen molar-refractivity contribution in [2.75, 3.05) is 5.32 Å². The van der Waals surface area contributed by atoms with Crippen molar-refractivity contribution in [2.24, 2.45) is 5.92 Å². The van der Waals surface area contributed by atoms with E-state index in [2.05, 4.69) is 10.6 Å². The van der Waals surface area contributed by atoms with Gasteiger partial charge in [-0.3, -0.25) is 14.4 Å². The molecule has 1 aromatic carbocycles. The molecule has 130 valence electrons. The average Bonchev–Trinajstić information content (AvgIpc) is 3.27. The molecule has 1 saturated carbocycles. The molecule has 2 atom stereocenters. The van der Waals surface area contributed by atoms with E-state index in [0.29, 0.717) is 35.4 Å². The van der Waals surface area contributed by atoms with Gasteiger partial charge in [-0.2, -0.15) is 0 Å². The van der Waals surface area contributed by atoms with E-state index in [4.69, 9.17) is 5.11 Å². The molecule has 0 bridgehead atoms. The van der Waals surface area contributed by atoms with E-state index in [1.54, 1.807) is 36.4 Å². The van der Waals surface area contributed by atoms with Crippen molar-refractivity contribution in [1.82, 2.24) is 5.32 Å². The first-order valence-electron chi connectivity index (χ1n) is 8.01. The van der Waals surface area contributed by atoms with Gasteiger partial charge in [0.05, 0.1) is 10.8 Å². The van der Waals surface area contributed by atoms with Crippen LogP contribution in [-0.4, -0.2) is 28.9 Å². The summed E-state index contributed by atoms with van der Waals surface area (Å²) in [6, 6.07) is 10.1. The van der Waals surface area contributed by atoms with Gasteiger partial charge in [0.25, 0.3) is 11.8 Å². The third-order valence-electron chi connectivity index (χ3n) is 4.24. The van der Waals surface area contributed by atoms with E-state index in [1.165, 1.54) is 11.3 Å². The number of rotatable bonds is 5. The second kappa shape index (κ2) is 7.48. The zero-order chi connectivity index (χ0) is 17.8. The van der Waals surface area contributed by atoms with Gasteiger partial charge in [0.15, 0.2) is 0 Å². The summed E-state index contributed by atoms with van der Waals surface area (Å²) in [6.07, 6.45) is 1.70. The predicted octanol–water partition coefficient (Wildman–Crippen LogP) is 2.98. The lowest BCUT2D eigenvalue weighted by atomic mass is 10.1. The molecule has 0 saturated heterocycles. The average molecular weight is 358 g/mol. The van der Waals surface area contributed by atoms with Crippen LogP contribution in [0.4, 0.5) is 5.69 Å². The van der Waals surface area contributed by atoms with Crippen molar-refractivity contribution >= 4 is 34.8 Å². The van der Waals surface area contributed by atoms with Crippen molar-refractivity contribution in [3.63, 3.8) is 0 Å². The fourth-order valence-corrected chi connectivity index (χ4v) is 3.56. The van der Waals surface area contributed by atoms with Crippen molar-refractivity contribution in [3.05, 3.63) is 52.2 Å². The summed E-state index contributed by atoms with van der Waals surface area (Å²) in [5.41, 5.74) is 0.976. The molecule has 0 unspecified atom stereocenters. The first-order chi connectivity index (χ1) is 12.0. The quantitative estimate of drug-likeness (QED) is 0.766. The number of carboxylic acid groups (broad SMARTS) is 1. The van der Waals surface area contributed by atoms with Gasteiger partial charge in [0.1, 0.15) is 0 Å². The monoisotopic (exact) mass is 358 g/mol. The zero-order valence-corrected chi connectivity index (χ0v) is 14.2. The molecule has 0 aliphatic heterocycles. The normalized spacial score (nSPS) is 19.4. The minimum atomic E-state index is -0.810. The number of hydrogen-bond donors (Lipinski definition) is 3. The summed E-state index contributed by atoms with van der Waals surface area (Å²) in [6.45, 7) is 0. The van der Waals surface area contributed by atoms with Crippen molar-refractivity contribution < 1.29 is 19.5 Å². The number of anilines is 1. The number of benzene rings is 1. The molecule has 1 aliphatic carbocycles. The van der Waals surface area contributed by atoms with Crippen LogP contribution in [0.1, 0.15) is 39.3 Å². The minimum absolute atomic E-state index is 0.127. The summed E-state index contributed by atoms with van der Waals surface area (Å²) in [5, 5.41) is 16.5. The van der Waals surface area contributed by atoms with Crippen LogP contribution in [0.3, 0.4) is 0 Å². The molecule has 1 heterocycles. The number of hydrogen-bond acceptors (Lipinski definition) is 4. The Balaban J connectivity index is 1.62. The van der Waals surface area contributed by atoms with Gasteiger partial charge >= 0.3 is 5.97 Å². The molecule has 2 amide bonds. The Labute approximate surface area is 148 Å². The standard InChI is InChI=1S/C18H18N2O4S/c21-16(19-14-7-6-12(10-14)18(23)24)11-3-1-4-13(9-11)20-17(22)15-5-2-8-25-15/h1-5,8-9,12,14H,6-7,10H2,(H,19,21)(H,20,22)(H,23,24)/t12-,14+/m1/s1. The molecule has 7 heteroatoms. The number of carbonyl (C=O) groups is 3. The molecule has 25 heavy (non-hydrogen) atoms. The third-order valence-corrected chi connectivity index (χ3v) is 5.11. The largest absolute Gasteiger partial charge is 0.481 e. The van der Waals surface area contributed by atoms with Crippen molar-refractivity contribution in [3.8, 4) is 0 Å². The van der Waals surface area contributed by atoms with Gasteiger partial charge in [0.2, 0.25) is 0 Å². The van der Waals surface area contributed by atoms with Gasteiger partial charge in [-0.25, -0.2) is 0 Å². The molecule has 0 radical (unpaired) electrons. The maximum Gasteiger partial charge on any atom is 0.306 e. The summed E-state index contributed by atoms with van der Waals surface area (Å²) < 4.78 is 0. The number of aliphatic carboxylic acids is 1. The Morgan fingerprint density at radius 1 is 1.08 bits per heavy atom. The maximum absolute atomic E-state index is 12.4. The Morgan fingerprint density at radius 3 is 2.60 bits per heavy atom. The van der Waals surface area contributed by atoms with Crippen LogP contribution in [0.5, 0.6) is 0 Å². The molecule has 1 fully saturated rings. The van der Waals surface area contributed by atoms with Gasteiger partial charge in [-0.1, -0.05) is 12.1 Å². The maximum atomic E-state index is 12.4. The summed E-state index contributed by atoms with van der Waals surface area (Å²) in [5.74, 6) is -1.67. The van der Waals surface area contributed by atoms with Crippen molar-refractivity contribution in [1.29, 1.82) is 0 Å². The Bertz CT molecular complexity index is 788. The van der Waals surface area contributed by atoms with Crippen molar-refractivity contribution in [2.45, 2.75) is 25.3 Å². The van der Waals surface area contributed by atoms with Crippen LogP contribution in [0.2, 0.25) is 0 Å². The molecule has 6 nitrogen and oxygen atoms in total. The number of carboxylic acids is 1. The number of thiophene rings is 1. The summed E-state index contributed by atoms with van der Waals surface area (Å²) in [4.78, 5) is 36.0. The van der Waals surface area contributed by atoms with Crippen LogP contribution in [0.25, 0.3) is 0 Å². The molecule has 1 aromatic heterocycles. The summed E-state index contributed by atoms with van der Waals surface area (Å²) >= 11 is 1.35. The Kier molecular flexibility index (Phi) is 5.14. The highest BCUT2D eigenvalue weighted by Crippen LogP contribution is 2.26. The topological polar surface area (TPSA) is 95.5 Å². The first-order valence-corrected chi connectivity index (χ1v) is 8.89. The van der Waals surface area contributed by atoms with E-state index in [9.17, 15) is 14.4 Å². The second-order valence-corrected chi connectivity index (χ2v) is 6.98. The van der Waals surface area contributed by atoms with Gasteiger partial charge < -0.3 is 15.7 Å². The Hall–Kier alpha value is -2.67. The van der Waals surface area contributed by atoms with Gasteiger partial charge in [-0.05, 0) is 48.9 Å². The molecule has 2 aromatic rings. The van der Waals surface area contributed by atoms with Crippen LogP contribution in [-0.2, 0) is 4.79 Å². The van der Waals surface area contributed by atoms with E-state index in [1.807, 2.05) is 5.38 Å². The van der Waals surface area contributed by atoms with Crippen LogP contribution in [0.15, 0.2) is 41.8 Å². The fraction of sp³-hybridized carbons (Fsp3) is 0.278. The minimum Gasteiger partial charge on any atom is -0.481 e. The fourth-order valence-electron chi connectivity index (χ4n) is 2.94. The molecule has 1 aliphatic rings. The Morgan fingerprint density at radius 2 is 1.92 bits per heavy atom. The third kappa shape index (κ3) is 4.24. The van der Waals surface area contributed by atoms with E-state index >= 15 is 0 Å². The van der Waals surface area contributed by atoms with Crippen LogP contribution < -0.4 is 10.6 Å². The van der Waals surface area contributed by atoms with E-state index in [-0.39, 0.29) is 23.8 Å². The molecule has 3 N–H and O–H groups in total. The number of carbonyl (C=O) groups excluding carboxylic acids is 2. The van der Waals surface area contributed by atoms with E-state index < -0.39 is 5.97 Å². The number of amides is 2. The molecular weight excluding hydrogens is 340 g/mol. The smallest absolute Gasteiger partial charge is 0.306 e. The lowest BCUT2D eigenvalue weighted by molar-refractivity contribution is -0.141. The number of nitrogens with one attached hydrogen (secondary N) is 2. The van der Waals surface area contributed by atoms with Crippen LogP contribution in [0, 0.1) is 5.92 Å². The highest BCUT2D eigenvalue weighted by Gasteiger charge is 2.30. The predicted molar refractivity (Wildman–Crippen MR) is 94.9 cm³/mol. The molecular formula is C18H18N2O4S. The second-order valence-electron chi connectivity index (χ2n) is 6.03. The van der Waals surface area contributed by atoms with Gasteiger partial charge in [-0.15, -0.1) is 11.3 Å². The lowest BCUT2D eigenvalue weighted by Crippen LogP contribution is -2.33. The zero-order valence-electron chi connectivity index (χ0n) is 13.4. The molecule has 3 rings (SSSR count). The van der Waals surface area contributed by atoms with Crippen LogP contribution >= 0.6 is 11.3 Å². The highest BCUT2D eigenvalue weighted by molar-refractivity contribution is 7.12. The van der Waals surface area contributed by atoms with Gasteiger partial charge in [0, 0.05) is 17.3 Å². The first kappa shape index (κ1) is 17.2. The summed E-state index contributed by atoms with van der Waals surface area (Å²) in [7, 11) is 0. The highest BCUT2D eigenvalue weighted by atomic mass is 32.1. The SMILES string of the molecule is O=C(N[C@H]1CC[C@@H](C(=O)O)C1)c1cccc(NC(=O)c2cccs2)c1. The molecule has 0 spiro atoms. The lowest BCUT2D eigenvalue weighted by Gasteiger charge is -2.13. The van der Waals surface area contributed by atoms with E-state index in [0.717, 1.165) is 0 Å².